The summed E-state index contributed by atoms with van der Waals surface area (Å²) >= 11 is 0. The second-order valence-electron chi connectivity index (χ2n) is 7.44. The minimum Gasteiger partial charge on any atom is -0.351 e. The van der Waals surface area contributed by atoms with Crippen molar-refractivity contribution in [2.24, 2.45) is 14.1 Å². The molecule has 5 rings (SSSR count). The molecule has 0 atom stereocenters. The number of nitrogens with zero attached hydrogens (tertiary/aromatic N) is 4. The molecule has 5 nitrogen and oxygen atoms in total. The van der Waals surface area contributed by atoms with Gasteiger partial charge in [0.05, 0.1) is 12.6 Å². The van der Waals surface area contributed by atoms with E-state index in [2.05, 4.69) is 28.3 Å². The number of aromatic nitrogens is 4. The highest BCUT2D eigenvalue weighted by molar-refractivity contribution is 6.01. The third kappa shape index (κ3) is 3.21. The fraction of sp³-hybridized carbons (Fsp3) is 0.125. The Morgan fingerprint density at radius 2 is 1.79 bits per heavy atom. The van der Waals surface area contributed by atoms with Gasteiger partial charge in [0.2, 0.25) is 0 Å². The average Bonchev–Trinajstić information content (AvgIpc) is 3.33. The topological polar surface area (TPSA) is 52.7 Å². The molecule has 2 aromatic carbocycles. The molecule has 5 aromatic rings. The molecule has 0 bridgehead atoms. The van der Waals surface area contributed by atoms with Crippen LogP contribution in [0, 0.1) is 0 Å². The third-order valence-electron chi connectivity index (χ3n) is 5.37. The first-order chi connectivity index (χ1) is 14.1. The fourth-order valence-corrected chi connectivity index (χ4v) is 3.75. The fourth-order valence-electron chi connectivity index (χ4n) is 3.75. The smallest absolute Gasteiger partial charge is 0.168 e. The number of benzene rings is 2. The number of ketones is 1. The molecule has 0 amide bonds. The second-order valence-corrected chi connectivity index (χ2v) is 7.44. The summed E-state index contributed by atoms with van der Waals surface area (Å²) in [5.41, 5.74) is 4.78. The first-order valence-electron chi connectivity index (χ1n) is 9.53. The quantitative estimate of drug-likeness (QED) is 0.430. The molecule has 0 aliphatic carbocycles. The molecule has 0 spiro atoms. The Bertz CT molecular complexity index is 1380. The lowest BCUT2D eigenvalue weighted by Gasteiger charge is -2.06. The lowest BCUT2D eigenvalue weighted by Crippen LogP contribution is -2.05. The average molecular weight is 380 g/mol. The van der Waals surface area contributed by atoms with Crippen LogP contribution < -0.4 is 0 Å². The van der Waals surface area contributed by atoms with Gasteiger partial charge in [-0.1, -0.05) is 12.1 Å². The maximum absolute atomic E-state index is 12.8. The van der Waals surface area contributed by atoms with Gasteiger partial charge in [-0.05, 0) is 47.3 Å². The minimum atomic E-state index is 0.0750. The van der Waals surface area contributed by atoms with E-state index in [-0.39, 0.29) is 12.2 Å². The third-order valence-corrected chi connectivity index (χ3v) is 5.37. The summed E-state index contributed by atoms with van der Waals surface area (Å²) in [7, 11) is 3.91. The molecule has 0 unspecified atom stereocenters. The van der Waals surface area contributed by atoms with Gasteiger partial charge >= 0.3 is 0 Å². The van der Waals surface area contributed by atoms with Crippen molar-refractivity contribution in [2.45, 2.75) is 6.42 Å². The lowest BCUT2D eigenvalue weighted by molar-refractivity contribution is 0.0992. The van der Waals surface area contributed by atoms with E-state index in [1.165, 1.54) is 0 Å². The largest absolute Gasteiger partial charge is 0.351 e. The minimum absolute atomic E-state index is 0.0750. The summed E-state index contributed by atoms with van der Waals surface area (Å²) in [6.45, 7) is 0. The SMILES string of the molecule is Cn1cc(-c2ccc3cnc(CC(=O)c4ccc5c(ccn5C)c4)cc3c2)cn1. The van der Waals surface area contributed by atoms with Crippen LogP contribution in [0.25, 0.3) is 32.8 Å². The van der Waals surface area contributed by atoms with Crippen LogP contribution in [0.3, 0.4) is 0 Å². The van der Waals surface area contributed by atoms with Gasteiger partial charge in [-0.15, -0.1) is 0 Å². The van der Waals surface area contributed by atoms with Crippen molar-refractivity contribution in [1.82, 2.24) is 19.3 Å². The Balaban J connectivity index is 1.45. The van der Waals surface area contributed by atoms with Crippen molar-refractivity contribution >= 4 is 27.5 Å². The molecule has 0 aliphatic rings. The van der Waals surface area contributed by atoms with Crippen molar-refractivity contribution in [3.05, 3.63) is 84.6 Å². The summed E-state index contributed by atoms with van der Waals surface area (Å²) in [4.78, 5) is 17.3. The van der Waals surface area contributed by atoms with E-state index in [0.717, 1.165) is 44.1 Å². The Kier molecular flexibility index (Phi) is 4.02. The normalized spacial score (nSPS) is 11.4. The first-order valence-corrected chi connectivity index (χ1v) is 9.53. The molecule has 29 heavy (non-hydrogen) atoms. The molecule has 0 saturated heterocycles. The Morgan fingerprint density at radius 3 is 2.62 bits per heavy atom. The molecule has 0 fully saturated rings. The van der Waals surface area contributed by atoms with Crippen LogP contribution in [0.2, 0.25) is 0 Å². The molecule has 0 aliphatic heterocycles. The zero-order valence-electron chi connectivity index (χ0n) is 16.3. The van der Waals surface area contributed by atoms with Crippen LogP contribution >= 0.6 is 0 Å². The molecular weight excluding hydrogens is 360 g/mol. The van der Waals surface area contributed by atoms with Crippen LogP contribution in [0.4, 0.5) is 0 Å². The maximum atomic E-state index is 12.8. The summed E-state index contributed by atoms with van der Waals surface area (Å²) in [6, 6.07) is 16.1. The zero-order valence-corrected chi connectivity index (χ0v) is 16.3. The van der Waals surface area contributed by atoms with Crippen LogP contribution in [-0.4, -0.2) is 25.1 Å². The van der Waals surface area contributed by atoms with Crippen molar-refractivity contribution < 1.29 is 4.79 Å². The molecule has 5 heteroatoms. The highest BCUT2D eigenvalue weighted by Crippen LogP contribution is 2.25. The number of aryl methyl sites for hydroxylation is 2. The van der Waals surface area contributed by atoms with Gasteiger partial charge in [0.1, 0.15) is 0 Å². The van der Waals surface area contributed by atoms with Gasteiger partial charge in [0.25, 0.3) is 0 Å². The van der Waals surface area contributed by atoms with Gasteiger partial charge in [-0.2, -0.15) is 5.10 Å². The summed E-state index contributed by atoms with van der Waals surface area (Å²) in [5.74, 6) is 0.0750. The number of rotatable bonds is 4. The van der Waals surface area contributed by atoms with E-state index >= 15 is 0 Å². The lowest BCUT2D eigenvalue weighted by atomic mass is 10.0. The monoisotopic (exact) mass is 380 g/mol. The van der Waals surface area contributed by atoms with Gasteiger partial charge in [-0.3, -0.25) is 14.5 Å². The van der Waals surface area contributed by atoms with Crippen LogP contribution in [0.5, 0.6) is 0 Å². The van der Waals surface area contributed by atoms with E-state index in [9.17, 15) is 4.79 Å². The Morgan fingerprint density at radius 1 is 0.897 bits per heavy atom. The highest BCUT2D eigenvalue weighted by Gasteiger charge is 2.11. The summed E-state index contributed by atoms with van der Waals surface area (Å²) in [6.07, 6.45) is 7.97. The standard InChI is InChI=1S/C24H20N4O/c1-27-8-7-17-10-18(5-6-23(17)27)24(29)12-22-11-20-9-16(3-4-19(20)13-25-22)21-14-26-28(2)15-21/h3-11,13-15H,12H2,1-2H3. The summed E-state index contributed by atoms with van der Waals surface area (Å²) < 4.78 is 3.84. The van der Waals surface area contributed by atoms with Crippen LogP contribution in [0.15, 0.2) is 73.3 Å². The number of fused-ring (bicyclic) bond motifs is 2. The van der Waals surface area contributed by atoms with E-state index in [1.807, 2.05) is 73.8 Å². The second kappa shape index (κ2) is 6.71. The van der Waals surface area contributed by atoms with Crippen LogP contribution in [0.1, 0.15) is 16.1 Å². The van der Waals surface area contributed by atoms with E-state index in [0.29, 0.717) is 0 Å². The van der Waals surface area contributed by atoms with E-state index < -0.39 is 0 Å². The Labute approximate surface area is 168 Å². The number of carbonyl (C=O) groups is 1. The molecule has 0 radical (unpaired) electrons. The van der Waals surface area contributed by atoms with Gasteiger partial charge < -0.3 is 4.57 Å². The molecule has 3 aromatic heterocycles. The first kappa shape index (κ1) is 17.4. The molecule has 142 valence electrons. The zero-order chi connectivity index (χ0) is 20.0. The number of hydrogen-bond acceptors (Lipinski definition) is 3. The van der Waals surface area contributed by atoms with Crippen molar-refractivity contribution in [2.75, 3.05) is 0 Å². The number of carbonyl (C=O) groups excluding carboxylic acids is 1. The van der Waals surface area contributed by atoms with Gasteiger partial charge in [0, 0.05) is 65.8 Å². The molecule has 0 N–H and O–H groups in total. The highest BCUT2D eigenvalue weighted by atomic mass is 16.1. The molecular formula is C24H20N4O. The number of pyridine rings is 1. The van der Waals surface area contributed by atoms with Crippen molar-refractivity contribution in [3.8, 4) is 11.1 Å². The summed E-state index contributed by atoms with van der Waals surface area (Å²) in [5, 5.41) is 7.45. The predicted octanol–water partition coefficient (Wildman–Crippen LogP) is 4.55. The van der Waals surface area contributed by atoms with Gasteiger partial charge in [0.15, 0.2) is 5.78 Å². The van der Waals surface area contributed by atoms with E-state index in [1.54, 1.807) is 4.68 Å². The molecule has 0 saturated carbocycles. The Hall–Kier alpha value is -3.73. The number of hydrogen-bond donors (Lipinski definition) is 0. The maximum Gasteiger partial charge on any atom is 0.168 e. The van der Waals surface area contributed by atoms with Gasteiger partial charge in [-0.25, -0.2) is 0 Å². The van der Waals surface area contributed by atoms with E-state index in [4.69, 9.17) is 0 Å². The molecule has 3 heterocycles. The van der Waals surface area contributed by atoms with Crippen molar-refractivity contribution in [1.29, 1.82) is 0 Å². The number of Topliss-reactive ketones (excluding diaryl/α,β-unsaturated/α-hetero) is 1. The van der Waals surface area contributed by atoms with Crippen LogP contribution in [-0.2, 0) is 20.5 Å². The van der Waals surface area contributed by atoms with Crippen molar-refractivity contribution in [3.63, 3.8) is 0 Å². The predicted molar refractivity (Wildman–Crippen MR) is 115 cm³/mol.